The zero-order valence-corrected chi connectivity index (χ0v) is 37.7. The highest BCUT2D eigenvalue weighted by molar-refractivity contribution is 7.86. The standard InChI is InChI=1S/C58H43N2OPS2/c1-41-19-17-18-30-51(41)56-57-52(39-54(63-57)42-31-35-48(36-32-42)59(44-20-7-2-8-21-44)45-22-9-3-10-23-45)62(61,50-28-15-6-16-29-50)53-40-55(64-58(53)56)43-33-37-49(38-34-43)60(46-24-11-4-12-25-46)47-26-13-5-14-27-47/h2-40,56H,1H3. The van der Waals surface area contributed by atoms with Crippen LogP contribution < -0.4 is 25.7 Å². The number of benzene rings is 8. The molecule has 0 bridgehead atoms. The van der Waals surface area contributed by atoms with E-state index in [1.807, 2.05) is 18.2 Å². The van der Waals surface area contributed by atoms with Crippen molar-refractivity contribution in [1.29, 1.82) is 0 Å². The van der Waals surface area contributed by atoms with Crippen LogP contribution in [0.5, 0.6) is 0 Å². The van der Waals surface area contributed by atoms with Gasteiger partial charge in [-0.25, -0.2) is 0 Å². The largest absolute Gasteiger partial charge is 0.311 e. The molecule has 0 fully saturated rings. The van der Waals surface area contributed by atoms with Crippen LogP contribution in [0, 0.1) is 6.92 Å². The van der Waals surface area contributed by atoms with E-state index in [1.54, 1.807) is 22.7 Å². The van der Waals surface area contributed by atoms with Crippen LogP contribution in [0.4, 0.5) is 34.1 Å². The van der Waals surface area contributed by atoms with E-state index in [1.165, 1.54) is 11.1 Å². The summed E-state index contributed by atoms with van der Waals surface area (Å²) in [6.07, 6.45) is 0. The van der Waals surface area contributed by atoms with E-state index >= 15 is 4.57 Å². The summed E-state index contributed by atoms with van der Waals surface area (Å²) in [5, 5.41) is 2.75. The summed E-state index contributed by atoms with van der Waals surface area (Å²) >= 11 is 3.58. The Bertz CT molecular complexity index is 2990. The molecule has 64 heavy (non-hydrogen) atoms. The Labute approximate surface area is 383 Å². The lowest BCUT2D eigenvalue weighted by molar-refractivity contribution is 0.592. The van der Waals surface area contributed by atoms with E-state index in [4.69, 9.17) is 0 Å². The highest BCUT2D eigenvalue weighted by Gasteiger charge is 2.45. The maximum absolute atomic E-state index is 16.5. The van der Waals surface area contributed by atoms with Crippen molar-refractivity contribution >= 4 is 79.9 Å². The number of rotatable bonds is 10. The Kier molecular flexibility index (Phi) is 10.5. The van der Waals surface area contributed by atoms with Crippen molar-refractivity contribution in [3.05, 3.63) is 257 Å². The minimum atomic E-state index is -3.32. The predicted molar refractivity (Wildman–Crippen MR) is 274 cm³/mol. The van der Waals surface area contributed by atoms with Crippen molar-refractivity contribution in [2.75, 3.05) is 9.80 Å². The van der Waals surface area contributed by atoms with E-state index in [0.29, 0.717) is 0 Å². The fourth-order valence-corrected chi connectivity index (χ4v) is 15.7. The van der Waals surface area contributed by atoms with Gasteiger partial charge in [0.2, 0.25) is 0 Å². The van der Waals surface area contributed by atoms with E-state index in [-0.39, 0.29) is 5.92 Å². The Morgan fingerprint density at radius 3 is 1.09 bits per heavy atom. The fraction of sp³-hybridized carbons (Fsp3) is 0.0345. The SMILES string of the molecule is Cc1ccccc1C1c2sc(-c3ccc(N(c4ccccc4)c4ccccc4)cc3)cc2P(=O)(c2ccccc2)c2cc(-c3ccc(N(c4ccccc4)c4ccccc4)cc3)sc21. The number of nitrogens with zero attached hydrogens (tertiary/aromatic N) is 2. The minimum absolute atomic E-state index is 0.0636. The lowest BCUT2D eigenvalue weighted by Crippen LogP contribution is -2.33. The first kappa shape index (κ1) is 39.8. The molecule has 0 aliphatic carbocycles. The number of aryl methyl sites for hydroxylation is 1. The van der Waals surface area contributed by atoms with Crippen LogP contribution in [-0.4, -0.2) is 0 Å². The summed E-state index contributed by atoms with van der Waals surface area (Å²) in [5.74, 6) is -0.0636. The quantitative estimate of drug-likeness (QED) is 0.128. The summed E-state index contributed by atoms with van der Waals surface area (Å²) < 4.78 is 16.5. The molecule has 1 aliphatic rings. The number of para-hydroxylation sites is 4. The van der Waals surface area contributed by atoms with Gasteiger partial charge in [-0.2, -0.15) is 0 Å². The number of fused-ring (bicyclic) bond motifs is 2. The molecular formula is C58H43N2OPS2. The van der Waals surface area contributed by atoms with E-state index in [0.717, 1.165) is 80.7 Å². The van der Waals surface area contributed by atoms with Gasteiger partial charge in [-0.15, -0.1) is 22.7 Å². The molecule has 0 atom stereocenters. The Morgan fingerprint density at radius 1 is 0.391 bits per heavy atom. The molecule has 3 nitrogen and oxygen atoms in total. The van der Waals surface area contributed by atoms with Gasteiger partial charge in [0.25, 0.3) is 0 Å². The van der Waals surface area contributed by atoms with Gasteiger partial charge in [0, 0.05) is 69.5 Å². The lowest BCUT2D eigenvalue weighted by Gasteiger charge is -2.30. The van der Waals surface area contributed by atoms with Crippen molar-refractivity contribution in [1.82, 2.24) is 0 Å². The molecule has 6 heteroatoms. The summed E-state index contributed by atoms with van der Waals surface area (Å²) in [5.41, 5.74) is 11.2. The van der Waals surface area contributed by atoms with Crippen molar-refractivity contribution in [2.45, 2.75) is 12.8 Å². The molecule has 1 aliphatic heterocycles. The maximum Gasteiger partial charge on any atom is 0.173 e. The maximum atomic E-state index is 16.5. The first-order valence-corrected chi connectivity index (χ1v) is 24.9. The van der Waals surface area contributed by atoms with Crippen molar-refractivity contribution in [3.63, 3.8) is 0 Å². The van der Waals surface area contributed by atoms with Crippen molar-refractivity contribution in [3.8, 4) is 20.9 Å². The van der Waals surface area contributed by atoms with Crippen LogP contribution >= 0.6 is 29.8 Å². The molecule has 2 aromatic heterocycles. The summed E-state index contributed by atoms with van der Waals surface area (Å²) in [7, 11) is -3.32. The third-order valence-corrected chi connectivity index (χ3v) is 18.1. The van der Waals surface area contributed by atoms with Gasteiger partial charge in [0.1, 0.15) is 0 Å². The second-order valence-electron chi connectivity index (χ2n) is 16.1. The van der Waals surface area contributed by atoms with Crippen LogP contribution in [0.25, 0.3) is 20.9 Å². The third-order valence-electron chi connectivity index (χ3n) is 12.2. The van der Waals surface area contributed by atoms with Gasteiger partial charge in [-0.3, -0.25) is 0 Å². The Morgan fingerprint density at radius 2 is 0.719 bits per heavy atom. The van der Waals surface area contributed by atoms with E-state index in [9.17, 15) is 0 Å². The molecular weight excluding hydrogens is 836 g/mol. The summed E-state index contributed by atoms with van der Waals surface area (Å²) in [6, 6.07) is 83.1. The first-order chi connectivity index (χ1) is 31.5. The average Bonchev–Trinajstić information content (AvgIpc) is 4.02. The fourth-order valence-electron chi connectivity index (χ4n) is 9.09. The number of hydrogen-bond acceptors (Lipinski definition) is 5. The van der Waals surface area contributed by atoms with Gasteiger partial charge in [-0.1, -0.05) is 152 Å². The molecule has 0 saturated carbocycles. The molecule has 0 N–H and O–H groups in total. The first-order valence-electron chi connectivity index (χ1n) is 21.6. The smallest absolute Gasteiger partial charge is 0.173 e. The van der Waals surface area contributed by atoms with Gasteiger partial charge < -0.3 is 14.4 Å². The zero-order chi connectivity index (χ0) is 43.0. The summed E-state index contributed by atoms with van der Waals surface area (Å²) in [4.78, 5) is 9.12. The van der Waals surface area contributed by atoms with E-state index < -0.39 is 7.14 Å². The normalized spacial score (nSPS) is 15.2. The molecule has 3 heterocycles. The van der Waals surface area contributed by atoms with E-state index in [2.05, 4.69) is 235 Å². The van der Waals surface area contributed by atoms with Gasteiger partial charge in [0.05, 0.1) is 5.92 Å². The van der Waals surface area contributed by atoms with Crippen LogP contribution in [0.15, 0.2) is 237 Å². The van der Waals surface area contributed by atoms with Gasteiger partial charge in [0.15, 0.2) is 7.14 Å². The molecule has 10 aromatic rings. The molecule has 0 amide bonds. The van der Waals surface area contributed by atoms with Crippen molar-refractivity contribution in [2.24, 2.45) is 0 Å². The van der Waals surface area contributed by atoms with Gasteiger partial charge >= 0.3 is 0 Å². The Balaban J connectivity index is 1.03. The minimum Gasteiger partial charge on any atom is -0.311 e. The second-order valence-corrected chi connectivity index (χ2v) is 20.9. The topological polar surface area (TPSA) is 23.6 Å². The number of hydrogen-bond donors (Lipinski definition) is 0. The predicted octanol–water partition coefficient (Wildman–Crippen LogP) is 15.5. The van der Waals surface area contributed by atoms with Crippen LogP contribution in [0.3, 0.4) is 0 Å². The summed E-state index contributed by atoms with van der Waals surface area (Å²) in [6.45, 7) is 2.21. The zero-order valence-electron chi connectivity index (χ0n) is 35.2. The average molecular weight is 879 g/mol. The number of anilines is 6. The van der Waals surface area contributed by atoms with Crippen LogP contribution in [0.1, 0.15) is 26.8 Å². The molecule has 8 aromatic carbocycles. The highest BCUT2D eigenvalue weighted by Crippen LogP contribution is 2.58. The van der Waals surface area contributed by atoms with Crippen molar-refractivity contribution < 1.29 is 4.57 Å². The van der Waals surface area contributed by atoms with Gasteiger partial charge in [-0.05, 0) is 114 Å². The second kappa shape index (κ2) is 16.9. The molecule has 0 radical (unpaired) electrons. The Hall–Kier alpha value is -7.01. The van der Waals surface area contributed by atoms with Crippen LogP contribution in [-0.2, 0) is 4.57 Å². The molecule has 308 valence electrons. The molecule has 0 spiro atoms. The lowest BCUT2D eigenvalue weighted by atomic mass is 9.91. The molecule has 11 rings (SSSR count). The van der Waals surface area contributed by atoms with Crippen LogP contribution in [0.2, 0.25) is 0 Å². The molecule has 0 unspecified atom stereocenters. The monoisotopic (exact) mass is 878 g/mol. The highest BCUT2D eigenvalue weighted by atomic mass is 32.1. The number of thiophene rings is 2. The third kappa shape index (κ3) is 7.13. The molecule has 0 saturated heterocycles.